The number of aromatic nitrogens is 2. The second-order valence-corrected chi connectivity index (χ2v) is 14.8. The molecule has 2 aromatic heterocycles. The van der Waals surface area contributed by atoms with Crippen LogP contribution in [0.2, 0.25) is 0 Å². The van der Waals surface area contributed by atoms with E-state index in [9.17, 15) is 0 Å². The molecule has 0 saturated heterocycles. The van der Waals surface area contributed by atoms with Gasteiger partial charge in [0.2, 0.25) is 0 Å². The lowest BCUT2D eigenvalue weighted by Gasteiger charge is -2.14. The molecule has 0 aliphatic rings. The first kappa shape index (κ1) is 32.7. The second kappa shape index (κ2) is 14.1. The van der Waals surface area contributed by atoms with Gasteiger partial charge >= 0.3 is 0 Å². The van der Waals surface area contributed by atoms with Gasteiger partial charge in [0.05, 0.1) is 11.4 Å². The Morgan fingerprint density at radius 2 is 0.745 bits per heavy atom. The first-order valence-electron chi connectivity index (χ1n) is 18.6. The van der Waals surface area contributed by atoms with Gasteiger partial charge in [0, 0.05) is 36.9 Å². The zero-order valence-corrected chi connectivity index (χ0v) is 30.7. The quantitative estimate of drug-likeness (QED) is 0.164. The molecule has 0 fully saturated rings. The summed E-state index contributed by atoms with van der Waals surface area (Å²) in [5, 5.41) is 2.58. The molecule has 10 rings (SSSR count). The number of thiophene rings is 1. The van der Waals surface area contributed by atoms with Crippen LogP contribution in [-0.4, -0.2) is 9.97 Å². The lowest BCUT2D eigenvalue weighted by atomic mass is 9.93. The molecule has 0 saturated carbocycles. The van der Waals surface area contributed by atoms with Gasteiger partial charge in [-0.1, -0.05) is 176 Å². The van der Waals surface area contributed by atoms with E-state index in [0.717, 1.165) is 44.8 Å². The van der Waals surface area contributed by atoms with Gasteiger partial charge in [-0.15, -0.1) is 11.3 Å². The smallest absolute Gasteiger partial charge is 0.160 e. The minimum absolute atomic E-state index is 0.707. The van der Waals surface area contributed by atoms with Crippen LogP contribution in [0.3, 0.4) is 0 Å². The molecule has 0 bridgehead atoms. The fourth-order valence-corrected chi connectivity index (χ4v) is 8.72. The van der Waals surface area contributed by atoms with E-state index in [-0.39, 0.29) is 0 Å². The Morgan fingerprint density at radius 3 is 1.38 bits per heavy atom. The summed E-state index contributed by atoms with van der Waals surface area (Å²) < 4.78 is 2.59. The van der Waals surface area contributed by atoms with E-state index >= 15 is 0 Å². The zero-order chi connectivity index (χ0) is 36.6. The Bertz CT molecular complexity index is 2880. The molecule has 0 amide bonds. The number of rotatable bonds is 7. The molecular weight excluding hydrogens is 685 g/mol. The number of nitrogens with zero attached hydrogens (tertiary/aromatic N) is 2. The molecule has 0 radical (unpaired) electrons. The monoisotopic (exact) mass is 718 g/mol. The molecule has 2 heterocycles. The standard InChI is InChI=1S/C52H34N2S/c1-4-13-35(14-5-1)36-23-25-37(26-24-36)38-27-29-39(30-28-38)42-31-43(45-20-12-21-47-46-19-10-11-22-50(46)55-51(45)47)33-44(32-42)49-34-48(40-15-6-2-7-16-40)53-52(54-49)41-17-8-3-9-18-41/h1-34H. The molecule has 10 aromatic rings. The molecule has 3 heteroatoms. The van der Waals surface area contributed by atoms with Crippen molar-refractivity contribution >= 4 is 31.5 Å². The average molecular weight is 719 g/mol. The molecule has 0 unspecified atom stereocenters. The van der Waals surface area contributed by atoms with Gasteiger partial charge < -0.3 is 0 Å². The lowest BCUT2D eigenvalue weighted by molar-refractivity contribution is 1.18. The van der Waals surface area contributed by atoms with Gasteiger partial charge in [-0.2, -0.15) is 0 Å². The Balaban J connectivity index is 1.12. The van der Waals surface area contributed by atoms with Gasteiger partial charge in [-0.25, -0.2) is 9.97 Å². The topological polar surface area (TPSA) is 25.8 Å². The third-order valence-corrected chi connectivity index (χ3v) is 11.5. The second-order valence-electron chi connectivity index (χ2n) is 13.8. The predicted octanol–water partition coefficient (Wildman–Crippen LogP) is 14.5. The average Bonchev–Trinajstić information content (AvgIpc) is 3.66. The molecule has 0 spiro atoms. The van der Waals surface area contributed by atoms with Gasteiger partial charge in [0.15, 0.2) is 5.82 Å². The van der Waals surface area contributed by atoms with Crippen LogP contribution in [0.15, 0.2) is 206 Å². The van der Waals surface area contributed by atoms with Crippen LogP contribution in [0, 0.1) is 0 Å². The van der Waals surface area contributed by atoms with Gasteiger partial charge in [-0.3, -0.25) is 0 Å². The highest BCUT2D eigenvalue weighted by Gasteiger charge is 2.16. The van der Waals surface area contributed by atoms with Crippen LogP contribution in [0.4, 0.5) is 0 Å². The van der Waals surface area contributed by atoms with E-state index in [2.05, 4.69) is 182 Å². The van der Waals surface area contributed by atoms with Crippen LogP contribution < -0.4 is 0 Å². The highest BCUT2D eigenvalue weighted by atomic mass is 32.1. The van der Waals surface area contributed by atoms with Crippen molar-refractivity contribution in [2.45, 2.75) is 0 Å². The van der Waals surface area contributed by atoms with E-state index in [1.165, 1.54) is 48.0 Å². The summed E-state index contributed by atoms with van der Waals surface area (Å²) in [5.74, 6) is 0.707. The van der Waals surface area contributed by atoms with Crippen molar-refractivity contribution in [2.75, 3.05) is 0 Å². The van der Waals surface area contributed by atoms with Crippen molar-refractivity contribution in [1.82, 2.24) is 9.97 Å². The van der Waals surface area contributed by atoms with Crippen molar-refractivity contribution in [2.24, 2.45) is 0 Å². The molecule has 8 aromatic carbocycles. The fraction of sp³-hybridized carbons (Fsp3) is 0. The zero-order valence-electron chi connectivity index (χ0n) is 29.9. The van der Waals surface area contributed by atoms with Crippen LogP contribution in [0.1, 0.15) is 0 Å². The van der Waals surface area contributed by atoms with Crippen molar-refractivity contribution in [3.63, 3.8) is 0 Å². The Kier molecular flexibility index (Phi) is 8.40. The van der Waals surface area contributed by atoms with Crippen LogP contribution in [0.25, 0.3) is 98.6 Å². The summed E-state index contributed by atoms with van der Waals surface area (Å²) >= 11 is 1.86. The summed E-state index contributed by atoms with van der Waals surface area (Å²) in [6.45, 7) is 0. The number of fused-ring (bicyclic) bond motifs is 3. The first-order valence-corrected chi connectivity index (χ1v) is 19.4. The fourth-order valence-electron chi connectivity index (χ4n) is 7.48. The molecule has 0 N–H and O–H groups in total. The molecule has 0 aliphatic heterocycles. The van der Waals surface area contributed by atoms with E-state index in [0.29, 0.717) is 5.82 Å². The number of hydrogen-bond donors (Lipinski definition) is 0. The van der Waals surface area contributed by atoms with Gasteiger partial charge in [0.25, 0.3) is 0 Å². The largest absolute Gasteiger partial charge is 0.228 e. The van der Waals surface area contributed by atoms with E-state index in [4.69, 9.17) is 9.97 Å². The van der Waals surface area contributed by atoms with Gasteiger partial charge in [0.1, 0.15) is 0 Å². The van der Waals surface area contributed by atoms with E-state index in [1.807, 2.05) is 35.6 Å². The lowest BCUT2D eigenvalue weighted by Crippen LogP contribution is -1.96. The summed E-state index contributed by atoms with van der Waals surface area (Å²) in [6, 6.07) is 73.4. The summed E-state index contributed by atoms with van der Waals surface area (Å²) in [4.78, 5) is 10.3. The van der Waals surface area contributed by atoms with Crippen molar-refractivity contribution in [3.05, 3.63) is 206 Å². The Hall–Kier alpha value is -6.94. The Morgan fingerprint density at radius 1 is 0.291 bits per heavy atom. The van der Waals surface area contributed by atoms with Crippen molar-refractivity contribution in [3.8, 4) is 78.4 Å². The Labute approximate surface area is 324 Å². The van der Waals surface area contributed by atoms with E-state index < -0.39 is 0 Å². The first-order chi connectivity index (χ1) is 27.2. The van der Waals surface area contributed by atoms with Crippen molar-refractivity contribution < 1.29 is 0 Å². The highest BCUT2D eigenvalue weighted by Crippen LogP contribution is 2.42. The number of hydrogen-bond acceptors (Lipinski definition) is 3. The third kappa shape index (κ3) is 6.41. The van der Waals surface area contributed by atoms with Crippen LogP contribution >= 0.6 is 11.3 Å². The number of benzene rings is 8. The summed E-state index contributed by atoms with van der Waals surface area (Å²) in [7, 11) is 0. The normalized spacial score (nSPS) is 11.3. The van der Waals surface area contributed by atoms with Crippen molar-refractivity contribution in [1.29, 1.82) is 0 Å². The minimum Gasteiger partial charge on any atom is -0.228 e. The summed E-state index contributed by atoms with van der Waals surface area (Å²) in [5.41, 5.74) is 14.4. The van der Waals surface area contributed by atoms with Crippen LogP contribution in [0.5, 0.6) is 0 Å². The predicted molar refractivity (Wildman–Crippen MR) is 233 cm³/mol. The summed E-state index contributed by atoms with van der Waals surface area (Å²) in [6.07, 6.45) is 0. The molecule has 2 nitrogen and oxygen atoms in total. The van der Waals surface area contributed by atoms with Crippen LogP contribution in [-0.2, 0) is 0 Å². The molecule has 258 valence electrons. The molecule has 0 atom stereocenters. The highest BCUT2D eigenvalue weighted by molar-refractivity contribution is 7.26. The maximum atomic E-state index is 5.24. The SMILES string of the molecule is c1ccc(-c2ccc(-c3ccc(-c4cc(-c5cc(-c6ccccc6)nc(-c6ccccc6)n5)cc(-c5cccc6c5sc5ccccc56)c4)cc3)cc2)cc1. The maximum Gasteiger partial charge on any atom is 0.160 e. The third-order valence-electron chi connectivity index (χ3n) is 10.3. The molecular formula is C52H34N2S. The minimum atomic E-state index is 0.707. The molecule has 55 heavy (non-hydrogen) atoms. The maximum absolute atomic E-state index is 5.24. The van der Waals surface area contributed by atoms with Gasteiger partial charge in [-0.05, 0) is 74.8 Å². The van der Waals surface area contributed by atoms with E-state index in [1.54, 1.807) is 0 Å². The molecule has 0 aliphatic carbocycles.